The smallest absolute Gasteiger partial charge is 0.0396 e. The van der Waals surface area contributed by atoms with Gasteiger partial charge in [0.25, 0.3) is 0 Å². The van der Waals surface area contributed by atoms with E-state index >= 15 is 0 Å². The highest BCUT2D eigenvalue weighted by Gasteiger charge is 2.17. The highest BCUT2D eigenvalue weighted by Crippen LogP contribution is 2.24. The van der Waals surface area contributed by atoms with Gasteiger partial charge in [-0.1, -0.05) is 18.2 Å². The number of rotatable bonds is 1. The van der Waals surface area contributed by atoms with Gasteiger partial charge in [0.05, 0.1) is 0 Å². The average Bonchev–Trinajstić information content (AvgIpc) is 2.39. The zero-order valence-electron chi connectivity index (χ0n) is 8.96. The van der Waals surface area contributed by atoms with Crippen LogP contribution in [0.3, 0.4) is 0 Å². The molecule has 1 aliphatic rings. The summed E-state index contributed by atoms with van der Waals surface area (Å²) in [6.45, 7) is 1.10. The molecule has 1 N–H and O–H groups in total. The quantitative estimate of drug-likeness (QED) is 0.724. The van der Waals surface area contributed by atoms with Crippen LogP contribution in [0.15, 0.2) is 24.3 Å². The maximum Gasteiger partial charge on any atom is 0.0396 e. The normalized spacial score (nSPS) is 21.6. The predicted octanol–water partition coefficient (Wildman–Crippen LogP) is 1.66. The highest BCUT2D eigenvalue weighted by molar-refractivity contribution is 5.54. The predicted molar refractivity (Wildman–Crippen MR) is 60.9 cm³/mol. The van der Waals surface area contributed by atoms with Crippen molar-refractivity contribution in [3.8, 4) is 0 Å². The van der Waals surface area contributed by atoms with E-state index in [0.29, 0.717) is 6.04 Å². The van der Waals surface area contributed by atoms with Crippen LogP contribution in [0.1, 0.15) is 12.0 Å². The number of anilines is 1. The summed E-state index contributed by atoms with van der Waals surface area (Å²) in [7, 11) is 4.23. The number of nitrogens with one attached hydrogen (secondary N) is 1. The van der Waals surface area contributed by atoms with Crippen molar-refractivity contribution in [1.29, 1.82) is 0 Å². The number of hydrogen-bond acceptors (Lipinski definition) is 2. The molecule has 1 aromatic carbocycles. The molecule has 0 amide bonds. The molecule has 14 heavy (non-hydrogen) atoms. The summed E-state index contributed by atoms with van der Waals surface area (Å²) in [4.78, 5) is 2.35. The van der Waals surface area contributed by atoms with Gasteiger partial charge >= 0.3 is 0 Å². The number of fused-ring (bicyclic) bond motifs is 1. The lowest BCUT2D eigenvalue weighted by atomic mass is 10.1. The summed E-state index contributed by atoms with van der Waals surface area (Å²) in [6.07, 6.45) is 2.42. The number of benzene rings is 1. The van der Waals surface area contributed by atoms with Crippen LogP contribution in [0.4, 0.5) is 5.69 Å². The molecular formula is C12H18N2. The van der Waals surface area contributed by atoms with Gasteiger partial charge in [-0.15, -0.1) is 0 Å². The fourth-order valence-corrected chi connectivity index (χ4v) is 2.18. The van der Waals surface area contributed by atoms with Gasteiger partial charge in [-0.05, 0) is 31.5 Å². The van der Waals surface area contributed by atoms with Crippen molar-refractivity contribution >= 4 is 5.69 Å². The van der Waals surface area contributed by atoms with E-state index in [4.69, 9.17) is 0 Å². The van der Waals surface area contributed by atoms with Gasteiger partial charge in [0.15, 0.2) is 0 Å². The third-order valence-electron chi connectivity index (χ3n) is 3.07. The number of nitrogens with zero attached hydrogens (tertiary/aromatic N) is 1. The molecule has 1 aliphatic heterocycles. The minimum atomic E-state index is 0.618. The maximum atomic E-state index is 3.37. The molecule has 1 unspecified atom stereocenters. The molecule has 1 heterocycles. The summed E-state index contributed by atoms with van der Waals surface area (Å²) in [6, 6.07) is 9.32. The van der Waals surface area contributed by atoms with E-state index in [9.17, 15) is 0 Å². The van der Waals surface area contributed by atoms with Gasteiger partial charge in [-0.2, -0.15) is 0 Å². The van der Waals surface area contributed by atoms with Crippen molar-refractivity contribution in [3.05, 3.63) is 29.8 Å². The molecule has 0 bridgehead atoms. The van der Waals surface area contributed by atoms with E-state index in [0.717, 1.165) is 6.54 Å². The molecule has 2 rings (SSSR count). The van der Waals surface area contributed by atoms with E-state index in [-0.39, 0.29) is 0 Å². The van der Waals surface area contributed by atoms with E-state index in [1.807, 2.05) is 0 Å². The van der Waals surface area contributed by atoms with Crippen LogP contribution in [0.5, 0.6) is 0 Å². The van der Waals surface area contributed by atoms with Gasteiger partial charge < -0.3 is 10.2 Å². The van der Waals surface area contributed by atoms with Gasteiger partial charge in [0.1, 0.15) is 0 Å². The number of aryl methyl sites for hydroxylation is 1. The summed E-state index contributed by atoms with van der Waals surface area (Å²) in [5.41, 5.74) is 2.87. The van der Waals surface area contributed by atoms with Crippen molar-refractivity contribution in [2.45, 2.75) is 18.9 Å². The number of para-hydroxylation sites is 1. The Labute approximate surface area is 85.9 Å². The molecule has 0 saturated heterocycles. The summed E-state index contributed by atoms with van der Waals surface area (Å²) in [5.74, 6) is 0. The minimum Gasteiger partial charge on any atom is -0.373 e. The summed E-state index contributed by atoms with van der Waals surface area (Å²) < 4.78 is 0. The van der Waals surface area contributed by atoms with E-state index in [1.54, 1.807) is 0 Å². The largest absolute Gasteiger partial charge is 0.373 e. The zero-order chi connectivity index (χ0) is 9.97. The molecule has 0 saturated carbocycles. The van der Waals surface area contributed by atoms with Crippen LogP contribution in [-0.2, 0) is 6.42 Å². The Kier molecular flexibility index (Phi) is 2.73. The molecule has 0 radical (unpaired) electrons. The SMILES string of the molecule is CNC1CCc2ccccc2N(C)C1. The third kappa shape index (κ3) is 1.75. The molecule has 0 aromatic heterocycles. The Morgan fingerprint density at radius 3 is 2.93 bits per heavy atom. The third-order valence-corrected chi connectivity index (χ3v) is 3.07. The second kappa shape index (κ2) is 4.01. The molecule has 0 spiro atoms. The molecule has 0 aliphatic carbocycles. The number of hydrogen-bond donors (Lipinski definition) is 1. The topological polar surface area (TPSA) is 15.3 Å². The van der Waals surface area contributed by atoms with E-state index < -0.39 is 0 Å². The van der Waals surface area contributed by atoms with Crippen LogP contribution in [0.2, 0.25) is 0 Å². The monoisotopic (exact) mass is 190 g/mol. The average molecular weight is 190 g/mol. The van der Waals surface area contributed by atoms with Gasteiger partial charge in [-0.3, -0.25) is 0 Å². The Morgan fingerprint density at radius 2 is 2.14 bits per heavy atom. The molecular weight excluding hydrogens is 172 g/mol. The lowest BCUT2D eigenvalue weighted by molar-refractivity contribution is 0.534. The molecule has 0 fully saturated rings. The highest BCUT2D eigenvalue weighted by atomic mass is 15.1. The first kappa shape index (κ1) is 9.53. The van der Waals surface area contributed by atoms with Crippen LogP contribution in [0.25, 0.3) is 0 Å². The standard InChI is InChI=1S/C12H18N2/c1-13-11-8-7-10-5-3-4-6-12(10)14(2)9-11/h3-6,11,13H,7-9H2,1-2H3. The van der Waals surface area contributed by atoms with Crippen LogP contribution < -0.4 is 10.2 Å². The molecule has 76 valence electrons. The Balaban J connectivity index is 2.26. The van der Waals surface area contributed by atoms with Gasteiger partial charge in [0.2, 0.25) is 0 Å². The fourth-order valence-electron chi connectivity index (χ4n) is 2.18. The molecule has 1 atom stereocenters. The minimum absolute atomic E-state index is 0.618. The molecule has 1 aromatic rings. The van der Waals surface area contributed by atoms with E-state index in [1.165, 1.54) is 24.1 Å². The second-order valence-electron chi connectivity index (χ2n) is 4.03. The van der Waals surface area contributed by atoms with Gasteiger partial charge in [0, 0.05) is 25.3 Å². The molecule has 2 heteroatoms. The van der Waals surface area contributed by atoms with Gasteiger partial charge in [-0.25, -0.2) is 0 Å². The second-order valence-corrected chi connectivity index (χ2v) is 4.03. The fraction of sp³-hybridized carbons (Fsp3) is 0.500. The first-order valence-electron chi connectivity index (χ1n) is 5.27. The first-order chi connectivity index (χ1) is 6.81. The van der Waals surface area contributed by atoms with Crippen LogP contribution in [-0.4, -0.2) is 26.7 Å². The van der Waals surface area contributed by atoms with Crippen molar-refractivity contribution < 1.29 is 0 Å². The maximum absolute atomic E-state index is 3.37. The lowest BCUT2D eigenvalue weighted by Gasteiger charge is -2.22. The summed E-state index contributed by atoms with van der Waals surface area (Å²) in [5, 5.41) is 3.37. The van der Waals surface area contributed by atoms with Crippen molar-refractivity contribution in [2.24, 2.45) is 0 Å². The first-order valence-corrected chi connectivity index (χ1v) is 5.27. The van der Waals surface area contributed by atoms with Crippen molar-refractivity contribution in [1.82, 2.24) is 5.32 Å². The van der Waals surface area contributed by atoms with Crippen molar-refractivity contribution in [3.63, 3.8) is 0 Å². The number of likely N-dealkylation sites (N-methyl/N-ethyl adjacent to an activating group) is 2. The Morgan fingerprint density at radius 1 is 1.36 bits per heavy atom. The zero-order valence-corrected chi connectivity index (χ0v) is 8.96. The Bertz CT molecular complexity index is 309. The van der Waals surface area contributed by atoms with Crippen LogP contribution in [0, 0.1) is 0 Å². The van der Waals surface area contributed by atoms with Crippen molar-refractivity contribution in [2.75, 3.05) is 25.5 Å². The Hall–Kier alpha value is -1.02. The summed E-state index contributed by atoms with van der Waals surface area (Å²) >= 11 is 0. The molecule has 2 nitrogen and oxygen atoms in total. The van der Waals surface area contributed by atoms with Crippen LogP contribution >= 0.6 is 0 Å². The van der Waals surface area contributed by atoms with E-state index in [2.05, 4.69) is 48.6 Å². The lowest BCUT2D eigenvalue weighted by Crippen LogP contribution is -2.36.